The minimum Gasteiger partial charge on any atom is -0.313 e. The number of rotatable bonds is 5. The summed E-state index contributed by atoms with van der Waals surface area (Å²) < 4.78 is 1.77. The van der Waals surface area contributed by atoms with Gasteiger partial charge in [-0.1, -0.05) is 6.92 Å². The van der Waals surface area contributed by atoms with Crippen molar-refractivity contribution < 1.29 is 0 Å². The Balaban J connectivity index is 2.08. The van der Waals surface area contributed by atoms with E-state index in [0.717, 1.165) is 25.3 Å². The molecule has 2 aromatic rings. The molecule has 0 aliphatic heterocycles. The molecule has 0 atom stereocenters. The molecule has 0 saturated carbocycles. The van der Waals surface area contributed by atoms with Crippen molar-refractivity contribution in [2.75, 3.05) is 6.54 Å². The van der Waals surface area contributed by atoms with Crippen LogP contribution in [0.3, 0.4) is 0 Å². The zero-order valence-corrected chi connectivity index (χ0v) is 9.43. The van der Waals surface area contributed by atoms with Gasteiger partial charge in [0.05, 0.1) is 0 Å². The van der Waals surface area contributed by atoms with Crippen molar-refractivity contribution >= 4 is 0 Å². The van der Waals surface area contributed by atoms with Crippen molar-refractivity contribution in [2.45, 2.75) is 19.9 Å². The summed E-state index contributed by atoms with van der Waals surface area (Å²) in [6, 6.07) is 5.97. The van der Waals surface area contributed by atoms with Crippen LogP contribution in [0.25, 0.3) is 5.82 Å². The van der Waals surface area contributed by atoms with Gasteiger partial charge >= 0.3 is 0 Å². The fourth-order valence-electron chi connectivity index (χ4n) is 1.51. The first kappa shape index (κ1) is 10.8. The highest BCUT2D eigenvalue weighted by Crippen LogP contribution is 2.05. The summed E-state index contributed by atoms with van der Waals surface area (Å²) >= 11 is 0. The molecule has 0 aromatic carbocycles. The molecule has 0 fully saturated rings. The maximum Gasteiger partial charge on any atom is 0.153 e. The van der Waals surface area contributed by atoms with E-state index in [4.69, 9.17) is 0 Å². The fourth-order valence-corrected chi connectivity index (χ4v) is 1.51. The lowest BCUT2D eigenvalue weighted by Gasteiger charge is -2.05. The quantitative estimate of drug-likeness (QED) is 0.774. The molecule has 0 radical (unpaired) electrons. The third kappa shape index (κ3) is 2.67. The van der Waals surface area contributed by atoms with Crippen LogP contribution >= 0.6 is 0 Å². The maximum absolute atomic E-state index is 4.28. The van der Waals surface area contributed by atoms with Gasteiger partial charge in [-0.25, -0.2) is 9.67 Å². The number of hydrogen-bond donors (Lipinski definition) is 1. The van der Waals surface area contributed by atoms with Gasteiger partial charge in [0.2, 0.25) is 0 Å². The molecule has 0 unspecified atom stereocenters. The maximum atomic E-state index is 4.28. The van der Waals surface area contributed by atoms with Gasteiger partial charge in [-0.2, -0.15) is 5.10 Å². The third-order valence-corrected chi connectivity index (χ3v) is 2.30. The first-order valence-corrected chi connectivity index (χ1v) is 5.56. The SMILES string of the molecule is CCCNCc1ccnc(-n2cccn2)c1. The van der Waals surface area contributed by atoms with Gasteiger partial charge in [-0.05, 0) is 36.7 Å². The van der Waals surface area contributed by atoms with Crippen molar-refractivity contribution in [2.24, 2.45) is 0 Å². The molecule has 0 aliphatic carbocycles. The number of aromatic nitrogens is 3. The van der Waals surface area contributed by atoms with Crippen LogP contribution in [0.1, 0.15) is 18.9 Å². The average Bonchev–Trinajstić information content (AvgIpc) is 2.83. The van der Waals surface area contributed by atoms with Crippen LogP contribution in [0.15, 0.2) is 36.8 Å². The monoisotopic (exact) mass is 216 g/mol. The zero-order valence-electron chi connectivity index (χ0n) is 9.43. The molecule has 0 spiro atoms. The molecule has 2 aromatic heterocycles. The molecular formula is C12H16N4. The number of nitrogens with one attached hydrogen (secondary N) is 1. The van der Waals surface area contributed by atoms with Crippen LogP contribution in [0, 0.1) is 0 Å². The first-order chi connectivity index (χ1) is 7.90. The summed E-state index contributed by atoms with van der Waals surface area (Å²) in [6.07, 6.45) is 6.62. The molecule has 0 amide bonds. The fraction of sp³-hybridized carbons (Fsp3) is 0.333. The van der Waals surface area contributed by atoms with E-state index < -0.39 is 0 Å². The van der Waals surface area contributed by atoms with E-state index in [2.05, 4.69) is 28.4 Å². The van der Waals surface area contributed by atoms with Crippen LogP contribution < -0.4 is 5.32 Å². The highest BCUT2D eigenvalue weighted by atomic mass is 15.3. The van der Waals surface area contributed by atoms with Gasteiger partial charge < -0.3 is 5.32 Å². The summed E-state index contributed by atoms with van der Waals surface area (Å²) in [4.78, 5) is 4.28. The molecule has 4 nitrogen and oxygen atoms in total. The molecule has 0 saturated heterocycles. The zero-order chi connectivity index (χ0) is 11.2. The molecule has 2 rings (SSSR count). The predicted octanol–water partition coefficient (Wildman–Crippen LogP) is 1.77. The molecule has 2 heterocycles. The van der Waals surface area contributed by atoms with Gasteiger partial charge in [0.25, 0.3) is 0 Å². The van der Waals surface area contributed by atoms with E-state index in [1.54, 1.807) is 10.9 Å². The Morgan fingerprint density at radius 2 is 2.31 bits per heavy atom. The summed E-state index contributed by atoms with van der Waals surface area (Å²) in [5.41, 5.74) is 1.23. The Kier molecular flexibility index (Phi) is 3.66. The standard InChI is InChI=1S/C12H16N4/c1-2-5-13-10-11-4-7-14-12(9-11)16-8-3-6-15-16/h3-4,6-9,13H,2,5,10H2,1H3. The van der Waals surface area contributed by atoms with E-state index in [9.17, 15) is 0 Å². The third-order valence-electron chi connectivity index (χ3n) is 2.30. The second-order valence-corrected chi connectivity index (χ2v) is 3.65. The molecular weight excluding hydrogens is 200 g/mol. The van der Waals surface area contributed by atoms with E-state index in [1.807, 2.05) is 24.5 Å². The smallest absolute Gasteiger partial charge is 0.153 e. The number of hydrogen-bond acceptors (Lipinski definition) is 3. The van der Waals surface area contributed by atoms with Crippen LogP contribution in [0.2, 0.25) is 0 Å². The number of pyridine rings is 1. The number of nitrogens with zero attached hydrogens (tertiary/aromatic N) is 3. The van der Waals surface area contributed by atoms with Gasteiger partial charge in [-0.3, -0.25) is 0 Å². The van der Waals surface area contributed by atoms with Gasteiger partial charge in [0, 0.05) is 25.1 Å². The molecule has 0 bridgehead atoms. The van der Waals surface area contributed by atoms with Crippen LogP contribution in [-0.4, -0.2) is 21.3 Å². The topological polar surface area (TPSA) is 42.7 Å². The summed E-state index contributed by atoms with van der Waals surface area (Å²) in [5, 5.41) is 7.52. The van der Waals surface area contributed by atoms with E-state index in [-0.39, 0.29) is 0 Å². The van der Waals surface area contributed by atoms with Crippen molar-refractivity contribution in [1.29, 1.82) is 0 Å². The highest BCUT2D eigenvalue weighted by molar-refractivity contribution is 5.26. The predicted molar refractivity (Wildman–Crippen MR) is 63.4 cm³/mol. The lowest BCUT2D eigenvalue weighted by Crippen LogP contribution is -2.14. The van der Waals surface area contributed by atoms with E-state index >= 15 is 0 Å². The minimum atomic E-state index is 0.862. The van der Waals surface area contributed by atoms with Crippen LogP contribution in [0.5, 0.6) is 0 Å². The molecule has 0 aliphatic rings. The van der Waals surface area contributed by atoms with Crippen molar-refractivity contribution in [3.05, 3.63) is 42.4 Å². The van der Waals surface area contributed by atoms with Crippen molar-refractivity contribution in [1.82, 2.24) is 20.1 Å². The summed E-state index contributed by atoms with van der Waals surface area (Å²) in [5.74, 6) is 0.862. The highest BCUT2D eigenvalue weighted by Gasteiger charge is 1.99. The van der Waals surface area contributed by atoms with Gasteiger partial charge in [-0.15, -0.1) is 0 Å². The molecule has 4 heteroatoms. The second kappa shape index (κ2) is 5.42. The molecule has 1 N–H and O–H groups in total. The van der Waals surface area contributed by atoms with E-state index in [0.29, 0.717) is 0 Å². The molecule has 84 valence electrons. The van der Waals surface area contributed by atoms with Gasteiger partial charge in [0.15, 0.2) is 5.82 Å². The summed E-state index contributed by atoms with van der Waals surface area (Å²) in [6.45, 7) is 4.08. The molecule has 16 heavy (non-hydrogen) atoms. The second-order valence-electron chi connectivity index (χ2n) is 3.65. The van der Waals surface area contributed by atoms with E-state index in [1.165, 1.54) is 5.56 Å². The largest absolute Gasteiger partial charge is 0.313 e. The normalized spacial score (nSPS) is 10.6. The summed E-state index contributed by atoms with van der Waals surface area (Å²) in [7, 11) is 0. The van der Waals surface area contributed by atoms with Gasteiger partial charge in [0.1, 0.15) is 0 Å². The van der Waals surface area contributed by atoms with Crippen LogP contribution in [-0.2, 0) is 6.54 Å². The minimum absolute atomic E-state index is 0.862. The Morgan fingerprint density at radius 3 is 3.06 bits per heavy atom. The first-order valence-electron chi connectivity index (χ1n) is 5.56. The lowest BCUT2D eigenvalue weighted by atomic mass is 10.2. The average molecular weight is 216 g/mol. The van der Waals surface area contributed by atoms with Crippen LogP contribution in [0.4, 0.5) is 0 Å². The lowest BCUT2D eigenvalue weighted by molar-refractivity contribution is 0.673. The Bertz CT molecular complexity index is 422. The Morgan fingerprint density at radius 1 is 1.38 bits per heavy atom. The van der Waals surface area contributed by atoms with Crippen molar-refractivity contribution in [3.8, 4) is 5.82 Å². The Hall–Kier alpha value is -1.68. The van der Waals surface area contributed by atoms with Crippen molar-refractivity contribution in [3.63, 3.8) is 0 Å². The Labute approximate surface area is 95.3 Å².